The van der Waals surface area contributed by atoms with E-state index in [1.807, 2.05) is 36.4 Å². The van der Waals surface area contributed by atoms with Gasteiger partial charge < -0.3 is 9.05 Å². The first-order chi connectivity index (χ1) is 13.5. The molecule has 0 N–H and O–H groups in total. The van der Waals surface area contributed by atoms with Gasteiger partial charge in [0.2, 0.25) is 0 Å². The molecule has 146 valence electrons. The molecule has 0 aliphatic carbocycles. The summed E-state index contributed by atoms with van der Waals surface area (Å²) in [6.07, 6.45) is 0. The van der Waals surface area contributed by atoms with Gasteiger partial charge in [-0.15, -0.1) is 4.52 Å². The van der Waals surface area contributed by atoms with Crippen LogP contribution in [0.2, 0.25) is 0 Å². The number of rotatable bonds is 0. The third-order valence-electron chi connectivity index (χ3n) is 5.13. The summed E-state index contributed by atoms with van der Waals surface area (Å²) < 4.78 is 31.9. The Hall–Kier alpha value is -0.770. The van der Waals surface area contributed by atoms with Crippen molar-refractivity contribution in [3.8, 4) is 11.5 Å². The second-order valence-corrected chi connectivity index (χ2v) is 16.9. The molecule has 7 nitrogen and oxygen atoms in total. The molecule has 0 amide bonds. The van der Waals surface area contributed by atoms with Gasteiger partial charge in [0.05, 0.1) is 0 Å². The third-order valence-corrected chi connectivity index (χ3v) is 16.1. The van der Waals surface area contributed by atoms with Crippen LogP contribution in [0.25, 0.3) is 0 Å². The minimum absolute atomic E-state index is 0.700. The highest BCUT2D eigenvalue weighted by molar-refractivity contribution is 8.13. The molecule has 4 aliphatic rings. The lowest BCUT2D eigenvalue weighted by Crippen LogP contribution is -2.32. The first-order valence-electron chi connectivity index (χ1n) is 8.84. The van der Waals surface area contributed by atoms with E-state index >= 15 is 0 Å². The van der Waals surface area contributed by atoms with Gasteiger partial charge in [0.25, 0.3) is 5.91 Å². The zero-order valence-electron chi connectivity index (χ0n) is 14.6. The molecule has 2 bridgehead atoms. The van der Waals surface area contributed by atoms with E-state index in [1.54, 1.807) is 0 Å². The van der Waals surface area contributed by atoms with Crippen LogP contribution in [0.15, 0.2) is 62.1 Å². The normalized spacial score (nSPS) is 32.4. The summed E-state index contributed by atoms with van der Waals surface area (Å²) >= 11 is 13.3. The molecular weight excluding hydrogens is 458 g/mol. The highest BCUT2D eigenvalue weighted by Crippen LogP contribution is 2.85. The van der Waals surface area contributed by atoms with Crippen molar-refractivity contribution in [2.24, 2.45) is 13.5 Å². The SMILES string of the molecule is ClP1(Cl)=NP23=NP4(=N1)Oc1ccccc1CN4CCN2Cc1ccccc1O3. The predicted octanol–water partition coefficient (Wildman–Crippen LogP) is 7.12. The number of hydrogen-bond donors (Lipinski definition) is 0. The van der Waals surface area contributed by atoms with Crippen molar-refractivity contribution in [1.82, 2.24) is 9.34 Å². The molecule has 2 atom stereocenters. The van der Waals surface area contributed by atoms with E-state index in [9.17, 15) is 0 Å². The fourth-order valence-electron chi connectivity index (χ4n) is 3.84. The summed E-state index contributed by atoms with van der Waals surface area (Å²) in [7, 11) is -5.59. The second-order valence-electron chi connectivity index (χ2n) is 6.92. The van der Waals surface area contributed by atoms with Gasteiger partial charge in [0.15, 0.2) is 0 Å². The Morgan fingerprint density at radius 2 is 1.21 bits per heavy atom. The highest BCUT2D eigenvalue weighted by Gasteiger charge is 2.51. The van der Waals surface area contributed by atoms with Crippen LogP contribution in [-0.2, 0) is 13.1 Å². The first kappa shape index (κ1) is 18.0. The van der Waals surface area contributed by atoms with Gasteiger partial charge in [-0.2, -0.15) is 9.03 Å². The molecule has 0 radical (unpaired) electrons. The Labute approximate surface area is 172 Å². The standard InChI is InChI=1S/C16H16Cl2N5O2P3/c17-26(18)19-27-21-28(20-26)23(12-14-6-2-4-8-16(14)25-28)10-9-22(27)11-13-5-1-3-7-15(13)24-27/h1-8H,9-12H2. The van der Waals surface area contributed by atoms with Crippen LogP contribution >= 0.6 is 43.6 Å². The Bertz CT molecular complexity index is 1120. The van der Waals surface area contributed by atoms with Crippen molar-refractivity contribution in [2.45, 2.75) is 13.1 Å². The molecule has 4 heterocycles. The number of nitrogens with zero attached hydrogens (tertiary/aromatic N) is 5. The molecule has 6 rings (SSSR count). The van der Waals surface area contributed by atoms with Gasteiger partial charge in [-0.1, -0.05) is 36.4 Å². The molecule has 0 fully saturated rings. The summed E-state index contributed by atoms with van der Waals surface area (Å²) in [5.74, 6) is -1.42. The van der Waals surface area contributed by atoms with Crippen molar-refractivity contribution in [3.63, 3.8) is 0 Å². The number of para-hydroxylation sites is 2. The maximum atomic E-state index is 6.66. The Kier molecular flexibility index (Phi) is 3.94. The van der Waals surface area contributed by atoms with Gasteiger partial charge >= 0.3 is 15.2 Å². The maximum Gasteiger partial charge on any atom is 0.335 e. The van der Waals surface area contributed by atoms with E-state index < -0.39 is 21.1 Å². The van der Waals surface area contributed by atoms with Crippen LogP contribution in [0.1, 0.15) is 11.1 Å². The minimum Gasteiger partial charge on any atom is -0.430 e. The largest absolute Gasteiger partial charge is 0.430 e. The average molecular weight is 474 g/mol. The Morgan fingerprint density at radius 3 is 1.79 bits per heavy atom. The quantitative estimate of drug-likeness (QED) is 0.382. The Balaban J connectivity index is 1.61. The van der Waals surface area contributed by atoms with Gasteiger partial charge in [-0.05, 0) is 34.6 Å². The number of hydrogen-bond acceptors (Lipinski definition) is 7. The fourth-order valence-corrected chi connectivity index (χ4v) is 16.7. The van der Waals surface area contributed by atoms with Crippen LogP contribution in [0.5, 0.6) is 11.5 Å². The van der Waals surface area contributed by atoms with Gasteiger partial charge in [-0.3, -0.25) is 0 Å². The van der Waals surface area contributed by atoms with Crippen LogP contribution in [0.4, 0.5) is 0 Å². The number of halogens is 2. The number of benzene rings is 2. The maximum absolute atomic E-state index is 6.66. The van der Waals surface area contributed by atoms with Crippen LogP contribution in [0.3, 0.4) is 0 Å². The molecule has 2 aromatic rings. The molecule has 2 spiro atoms. The zero-order valence-corrected chi connectivity index (χ0v) is 18.8. The number of fused-ring (bicyclic) bond motifs is 2. The van der Waals surface area contributed by atoms with Crippen molar-refractivity contribution in [2.75, 3.05) is 13.1 Å². The summed E-state index contributed by atoms with van der Waals surface area (Å²) in [5, 5.41) is 0. The highest BCUT2D eigenvalue weighted by atomic mass is 35.9. The van der Waals surface area contributed by atoms with Crippen molar-refractivity contribution < 1.29 is 9.05 Å². The third kappa shape index (κ3) is 2.69. The van der Waals surface area contributed by atoms with Gasteiger partial charge in [0, 0.05) is 37.3 Å². The molecule has 4 aliphatic heterocycles. The monoisotopic (exact) mass is 473 g/mol. The molecule has 0 saturated heterocycles. The minimum atomic E-state index is -3.00. The molecule has 2 aromatic carbocycles. The first-order valence-corrected chi connectivity index (χ1v) is 15.5. The summed E-state index contributed by atoms with van der Waals surface area (Å²) in [6, 6.07) is 16.0. The molecule has 28 heavy (non-hydrogen) atoms. The van der Waals surface area contributed by atoms with E-state index in [4.69, 9.17) is 45.1 Å². The van der Waals surface area contributed by atoms with Gasteiger partial charge in [-0.25, -0.2) is 9.34 Å². The van der Waals surface area contributed by atoms with E-state index in [-0.39, 0.29) is 0 Å². The fraction of sp³-hybridized carbons (Fsp3) is 0.250. The smallest absolute Gasteiger partial charge is 0.335 e. The topological polar surface area (TPSA) is 62.0 Å². The Morgan fingerprint density at radius 1 is 0.714 bits per heavy atom. The average Bonchev–Trinajstić information content (AvgIpc) is 2.74. The summed E-state index contributed by atoms with van der Waals surface area (Å²) in [4.78, 5) is 0. The van der Waals surface area contributed by atoms with Gasteiger partial charge in [0.1, 0.15) is 11.5 Å². The lowest BCUT2D eigenvalue weighted by molar-refractivity contribution is 0.315. The summed E-state index contributed by atoms with van der Waals surface area (Å²) in [6.45, 7) is 2.88. The van der Waals surface area contributed by atoms with Crippen molar-refractivity contribution in [1.29, 1.82) is 0 Å². The van der Waals surface area contributed by atoms with Crippen molar-refractivity contribution in [3.05, 3.63) is 59.7 Å². The van der Waals surface area contributed by atoms with Crippen LogP contribution in [0, 0.1) is 0 Å². The van der Waals surface area contributed by atoms with Crippen LogP contribution in [-0.4, -0.2) is 22.4 Å². The molecule has 0 saturated carbocycles. The molecule has 12 heteroatoms. The molecular formula is C16H16Cl2N5O2P3. The lowest BCUT2D eigenvalue weighted by atomic mass is 10.2. The van der Waals surface area contributed by atoms with E-state index in [0.29, 0.717) is 13.1 Å². The zero-order chi connectivity index (χ0) is 19.0. The second kappa shape index (κ2) is 6.12. The molecule has 0 aromatic heterocycles. The predicted molar refractivity (Wildman–Crippen MR) is 115 cm³/mol. The van der Waals surface area contributed by atoms with E-state index in [2.05, 4.69) is 21.5 Å². The summed E-state index contributed by atoms with van der Waals surface area (Å²) in [5.41, 5.74) is 2.23. The molecule has 2 unspecified atom stereocenters. The van der Waals surface area contributed by atoms with E-state index in [0.717, 1.165) is 35.7 Å². The van der Waals surface area contributed by atoms with E-state index in [1.165, 1.54) is 0 Å². The van der Waals surface area contributed by atoms with Crippen LogP contribution < -0.4 is 9.05 Å². The van der Waals surface area contributed by atoms with Crippen molar-refractivity contribution >= 4 is 43.6 Å². The lowest BCUT2D eigenvalue weighted by Gasteiger charge is -2.40.